The molecule has 160 valence electrons. The molecule has 3 rings (SSSR count). The summed E-state index contributed by atoms with van der Waals surface area (Å²) in [4.78, 5) is 41.5. The lowest BCUT2D eigenvalue weighted by Gasteiger charge is -2.43. The first-order valence-corrected chi connectivity index (χ1v) is 10.4. The van der Waals surface area contributed by atoms with Crippen LogP contribution in [0.3, 0.4) is 0 Å². The molecule has 1 aliphatic heterocycles. The van der Waals surface area contributed by atoms with Crippen LogP contribution in [0, 0.1) is 5.41 Å². The van der Waals surface area contributed by atoms with Gasteiger partial charge in [0.1, 0.15) is 16.7 Å². The summed E-state index contributed by atoms with van der Waals surface area (Å²) in [5.74, 6) is -0.532. The van der Waals surface area contributed by atoms with Gasteiger partial charge in [-0.2, -0.15) is 0 Å². The molecule has 1 aromatic carbocycles. The summed E-state index contributed by atoms with van der Waals surface area (Å²) in [5, 5.41) is 0. The summed E-state index contributed by atoms with van der Waals surface area (Å²) < 4.78 is 11.2. The Kier molecular flexibility index (Phi) is 6.15. The molecule has 2 aliphatic rings. The van der Waals surface area contributed by atoms with Crippen molar-refractivity contribution >= 4 is 23.2 Å². The predicted octanol–water partition coefficient (Wildman–Crippen LogP) is 3.87. The first-order valence-electron chi connectivity index (χ1n) is 10.4. The second kappa shape index (κ2) is 8.46. The van der Waals surface area contributed by atoms with Crippen LogP contribution in [0.1, 0.15) is 52.5 Å². The van der Waals surface area contributed by atoms with E-state index in [4.69, 9.17) is 9.47 Å². The smallest absolute Gasteiger partial charge is 0.320 e. The van der Waals surface area contributed by atoms with Crippen molar-refractivity contribution in [2.45, 2.75) is 52.5 Å². The number of hydrogen-bond acceptors (Lipinski definition) is 5. The molecule has 1 heterocycles. The maximum atomic E-state index is 13.7. The molecule has 0 aromatic heterocycles. The van der Waals surface area contributed by atoms with E-state index >= 15 is 0 Å². The van der Waals surface area contributed by atoms with E-state index in [1.54, 1.807) is 20.8 Å². The Morgan fingerprint density at radius 2 is 1.77 bits per heavy atom. The molecule has 6 heteroatoms. The van der Waals surface area contributed by atoms with Gasteiger partial charge in [0.15, 0.2) is 12.5 Å². The molecule has 6 nitrogen and oxygen atoms in total. The Labute approximate surface area is 177 Å². The fourth-order valence-corrected chi connectivity index (χ4v) is 4.19. The molecule has 0 atom stereocenters. The van der Waals surface area contributed by atoms with E-state index in [9.17, 15) is 14.4 Å². The maximum Gasteiger partial charge on any atom is 0.320 e. The van der Waals surface area contributed by atoms with Gasteiger partial charge in [-0.15, -0.1) is 0 Å². The molecule has 0 fully saturated rings. The summed E-state index contributed by atoms with van der Waals surface area (Å²) in [5.41, 5.74) is -1.36. The average Bonchev–Trinajstić information content (AvgIpc) is 3.24. The number of esters is 1. The van der Waals surface area contributed by atoms with Crippen LogP contribution in [0.5, 0.6) is 0 Å². The number of nitrogens with zero attached hydrogens (tertiary/aromatic N) is 1. The number of ketones is 1. The fourth-order valence-electron chi connectivity index (χ4n) is 4.19. The fraction of sp³-hybridized carbons (Fsp3) is 0.458. The monoisotopic (exact) mass is 411 g/mol. The van der Waals surface area contributed by atoms with Crippen LogP contribution in [0.25, 0.3) is 5.57 Å². The second-order valence-corrected chi connectivity index (χ2v) is 8.09. The zero-order valence-electron chi connectivity index (χ0n) is 18.1. The molecule has 0 saturated carbocycles. The number of rotatable bonds is 7. The number of Topliss-reactive ketones (excluding diaryl/α,β-unsaturated/α-hetero) is 1. The summed E-state index contributed by atoms with van der Waals surface area (Å²) in [6.07, 6.45) is 4.76. The van der Waals surface area contributed by atoms with Crippen molar-refractivity contribution in [3.05, 3.63) is 53.8 Å². The second-order valence-electron chi connectivity index (χ2n) is 8.09. The molecular weight excluding hydrogens is 382 g/mol. The van der Waals surface area contributed by atoms with Crippen LogP contribution < -0.4 is 0 Å². The third-order valence-electron chi connectivity index (χ3n) is 5.92. The third kappa shape index (κ3) is 3.55. The maximum absolute atomic E-state index is 13.7. The van der Waals surface area contributed by atoms with Crippen LogP contribution in [0.4, 0.5) is 0 Å². The van der Waals surface area contributed by atoms with Crippen LogP contribution in [0.15, 0.2) is 48.2 Å². The van der Waals surface area contributed by atoms with E-state index in [-0.39, 0.29) is 37.9 Å². The highest BCUT2D eigenvalue weighted by Crippen LogP contribution is 2.42. The van der Waals surface area contributed by atoms with Gasteiger partial charge >= 0.3 is 5.97 Å². The number of carbonyl (C=O) groups excluding carboxylic acids is 3. The topological polar surface area (TPSA) is 72.9 Å². The van der Waals surface area contributed by atoms with Gasteiger partial charge in [-0.25, -0.2) is 0 Å². The van der Waals surface area contributed by atoms with Gasteiger partial charge in [0.05, 0.1) is 12.2 Å². The Bertz CT molecular complexity index is 889. The third-order valence-corrected chi connectivity index (χ3v) is 5.92. The molecule has 0 spiro atoms. The van der Waals surface area contributed by atoms with Crippen molar-refractivity contribution in [3.63, 3.8) is 0 Å². The van der Waals surface area contributed by atoms with Crippen molar-refractivity contribution in [1.82, 2.24) is 4.90 Å². The van der Waals surface area contributed by atoms with Crippen molar-refractivity contribution < 1.29 is 23.9 Å². The molecule has 0 bridgehead atoms. The van der Waals surface area contributed by atoms with Crippen molar-refractivity contribution in [3.8, 4) is 0 Å². The largest absolute Gasteiger partial charge is 0.476 e. The lowest BCUT2D eigenvalue weighted by Crippen LogP contribution is -2.60. The summed E-state index contributed by atoms with van der Waals surface area (Å²) >= 11 is 0. The zero-order chi connectivity index (χ0) is 21.9. The summed E-state index contributed by atoms with van der Waals surface area (Å²) in [7, 11) is 0. The van der Waals surface area contributed by atoms with Crippen molar-refractivity contribution in [1.29, 1.82) is 0 Å². The lowest BCUT2D eigenvalue weighted by atomic mass is 9.72. The first-order chi connectivity index (χ1) is 14.3. The summed E-state index contributed by atoms with van der Waals surface area (Å²) in [6, 6.07) is 9.30. The SMILES string of the molecule is CCOC(=O)C1(C(=O)C(C)(C)N2COC(CC)=C(c3ccccc3)C2=O)CC=CC1. The van der Waals surface area contributed by atoms with E-state index in [1.165, 1.54) is 4.90 Å². The van der Waals surface area contributed by atoms with Crippen molar-refractivity contribution in [2.24, 2.45) is 5.41 Å². The normalized spacial score (nSPS) is 18.4. The number of benzene rings is 1. The highest BCUT2D eigenvalue weighted by molar-refractivity contribution is 6.22. The molecule has 1 aliphatic carbocycles. The standard InChI is InChI=1S/C24H29NO5/c1-5-18-19(17-12-8-7-9-13-17)20(26)25(16-30-18)23(3,4)21(27)24(14-10-11-15-24)22(28)29-6-2/h7-13H,5-6,14-16H2,1-4H3. The van der Waals surface area contributed by atoms with Gasteiger partial charge in [-0.05, 0) is 39.2 Å². The predicted molar refractivity (Wildman–Crippen MR) is 113 cm³/mol. The van der Waals surface area contributed by atoms with Crippen molar-refractivity contribution in [2.75, 3.05) is 13.3 Å². The minimum Gasteiger partial charge on any atom is -0.476 e. The number of carbonyl (C=O) groups is 3. The molecule has 1 amide bonds. The highest BCUT2D eigenvalue weighted by atomic mass is 16.5. The van der Waals surface area contributed by atoms with Gasteiger partial charge in [0, 0.05) is 6.42 Å². The number of hydrogen-bond donors (Lipinski definition) is 0. The van der Waals surface area contributed by atoms with E-state index < -0.39 is 16.9 Å². The van der Waals surface area contributed by atoms with E-state index in [1.807, 2.05) is 49.4 Å². The summed E-state index contributed by atoms with van der Waals surface area (Å²) in [6.45, 7) is 7.15. The molecule has 0 radical (unpaired) electrons. The molecule has 0 unspecified atom stereocenters. The quantitative estimate of drug-likeness (QED) is 0.387. The lowest BCUT2D eigenvalue weighted by molar-refractivity contribution is -0.167. The Morgan fingerprint density at radius 1 is 1.13 bits per heavy atom. The molecule has 1 aromatic rings. The first kappa shape index (κ1) is 21.8. The van der Waals surface area contributed by atoms with Crippen LogP contribution in [-0.4, -0.2) is 41.4 Å². The molecule has 0 saturated heterocycles. The molecule has 30 heavy (non-hydrogen) atoms. The number of allylic oxidation sites excluding steroid dienone is 3. The highest BCUT2D eigenvalue weighted by Gasteiger charge is 2.55. The number of amides is 1. The van der Waals surface area contributed by atoms with E-state index in [0.29, 0.717) is 17.8 Å². The van der Waals surface area contributed by atoms with Gasteiger partial charge in [0.25, 0.3) is 5.91 Å². The van der Waals surface area contributed by atoms with E-state index in [2.05, 4.69) is 0 Å². The Morgan fingerprint density at radius 3 is 2.33 bits per heavy atom. The van der Waals surface area contributed by atoms with Gasteiger partial charge in [0.2, 0.25) is 0 Å². The molecule has 0 N–H and O–H groups in total. The van der Waals surface area contributed by atoms with Gasteiger partial charge in [-0.3, -0.25) is 19.3 Å². The van der Waals surface area contributed by atoms with Gasteiger partial charge in [-0.1, -0.05) is 49.4 Å². The zero-order valence-corrected chi connectivity index (χ0v) is 18.1. The minimum absolute atomic E-state index is 0.0383. The molecular formula is C24H29NO5. The van der Waals surface area contributed by atoms with Gasteiger partial charge < -0.3 is 9.47 Å². The van der Waals surface area contributed by atoms with Crippen LogP contribution >= 0.6 is 0 Å². The van der Waals surface area contributed by atoms with E-state index in [0.717, 1.165) is 5.56 Å². The minimum atomic E-state index is -1.30. The average molecular weight is 411 g/mol. The van der Waals surface area contributed by atoms with Crippen LogP contribution in [0.2, 0.25) is 0 Å². The van der Waals surface area contributed by atoms with Crippen LogP contribution in [-0.2, 0) is 23.9 Å². The Hall–Kier alpha value is -2.89. The Balaban J connectivity index is 1.98. The number of ether oxygens (including phenoxy) is 2.